The number of amides is 1. The van der Waals surface area contributed by atoms with E-state index in [0.717, 1.165) is 56.2 Å². The fourth-order valence-electron chi connectivity index (χ4n) is 4.92. The molecule has 0 aliphatic carbocycles. The maximum Gasteiger partial charge on any atom is 0.258 e. The lowest BCUT2D eigenvalue weighted by atomic mass is 10.1. The topological polar surface area (TPSA) is 53.8 Å². The van der Waals surface area contributed by atoms with E-state index in [-0.39, 0.29) is 17.8 Å². The summed E-state index contributed by atoms with van der Waals surface area (Å²) in [5, 5.41) is 4.87. The van der Waals surface area contributed by atoms with E-state index in [1.807, 2.05) is 46.8 Å². The summed E-state index contributed by atoms with van der Waals surface area (Å²) in [6.07, 6.45) is 0.808. The Morgan fingerprint density at radius 2 is 1.84 bits per heavy atom. The maximum absolute atomic E-state index is 14.2. The quantitative estimate of drug-likeness (QED) is 0.412. The van der Waals surface area contributed by atoms with E-state index in [4.69, 9.17) is 9.84 Å². The van der Waals surface area contributed by atoms with E-state index >= 15 is 0 Å². The molecule has 4 rings (SSSR count). The number of aromatic nitrogens is 2. The highest BCUT2D eigenvalue weighted by Gasteiger charge is 2.30. The monoisotopic (exact) mass is 507 g/mol. The molecule has 0 bridgehead atoms. The molecular weight excluding hydrogens is 469 g/mol. The molecule has 0 N–H and O–H groups in total. The van der Waals surface area contributed by atoms with Crippen LogP contribution in [0.15, 0.2) is 48.5 Å². The van der Waals surface area contributed by atoms with Gasteiger partial charge in [0.25, 0.3) is 5.91 Å². The lowest BCUT2D eigenvalue weighted by Crippen LogP contribution is -2.47. The Bertz CT molecular complexity index is 1220. The number of anilines is 1. The first-order chi connectivity index (χ1) is 17.9. The Morgan fingerprint density at radius 3 is 2.49 bits per heavy atom. The fourth-order valence-corrected chi connectivity index (χ4v) is 4.92. The lowest BCUT2D eigenvalue weighted by Gasteiger charge is -2.37. The van der Waals surface area contributed by atoms with Crippen LogP contribution >= 0.6 is 0 Å². The molecular formula is C29H38FN5O2. The average Bonchev–Trinajstić information content (AvgIpc) is 3.26. The number of aryl methyl sites for hydroxylation is 1. The summed E-state index contributed by atoms with van der Waals surface area (Å²) in [6.45, 7) is 13.3. The lowest BCUT2D eigenvalue weighted by molar-refractivity contribution is 0.0668. The zero-order valence-electron chi connectivity index (χ0n) is 22.6. The number of nitrogens with zero attached hydrogens (tertiary/aromatic N) is 5. The zero-order valence-corrected chi connectivity index (χ0v) is 22.6. The number of piperazine rings is 1. The van der Waals surface area contributed by atoms with Crippen LogP contribution in [0.5, 0.6) is 5.75 Å². The largest absolute Gasteiger partial charge is 0.496 e. The first-order valence-electron chi connectivity index (χ1n) is 13.1. The van der Waals surface area contributed by atoms with Gasteiger partial charge in [-0.2, -0.15) is 5.10 Å². The van der Waals surface area contributed by atoms with Crippen LogP contribution < -0.4 is 9.64 Å². The second kappa shape index (κ2) is 11.8. The Hall–Kier alpha value is -3.39. The first-order valence-corrected chi connectivity index (χ1v) is 13.1. The van der Waals surface area contributed by atoms with Crippen molar-refractivity contribution in [2.24, 2.45) is 0 Å². The van der Waals surface area contributed by atoms with Gasteiger partial charge in [-0.25, -0.2) is 9.07 Å². The van der Waals surface area contributed by atoms with Gasteiger partial charge in [0.2, 0.25) is 0 Å². The van der Waals surface area contributed by atoms with Gasteiger partial charge < -0.3 is 19.4 Å². The number of ether oxygens (including phenoxy) is 1. The highest BCUT2D eigenvalue weighted by Crippen LogP contribution is 2.32. The number of carbonyl (C=O) groups is 1. The molecule has 0 unspecified atom stereocenters. The number of halogens is 1. The molecule has 0 saturated carbocycles. The number of carbonyl (C=O) groups excluding carboxylic acids is 1. The molecule has 2 aromatic carbocycles. The molecule has 0 spiro atoms. The molecule has 1 saturated heterocycles. The van der Waals surface area contributed by atoms with E-state index in [1.165, 1.54) is 12.1 Å². The van der Waals surface area contributed by atoms with Crippen LogP contribution in [0.3, 0.4) is 0 Å². The number of hydrogen-bond acceptors (Lipinski definition) is 5. The van der Waals surface area contributed by atoms with Crippen LogP contribution in [0.1, 0.15) is 48.8 Å². The fraction of sp³-hybridized carbons (Fsp3) is 0.448. The summed E-state index contributed by atoms with van der Waals surface area (Å²) in [4.78, 5) is 20.5. The van der Waals surface area contributed by atoms with Crippen molar-refractivity contribution in [3.63, 3.8) is 0 Å². The van der Waals surface area contributed by atoms with E-state index < -0.39 is 0 Å². The predicted octanol–water partition coefficient (Wildman–Crippen LogP) is 4.91. The Morgan fingerprint density at radius 1 is 1.11 bits per heavy atom. The number of hydrogen-bond donors (Lipinski definition) is 0. The molecule has 1 aromatic heterocycles. The van der Waals surface area contributed by atoms with Gasteiger partial charge in [0.05, 0.1) is 30.6 Å². The summed E-state index contributed by atoms with van der Waals surface area (Å²) in [6, 6.07) is 13.9. The number of methoxy groups -OCH3 is 1. The highest BCUT2D eigenvalue weighted by molar-refractivity contribution is 5.97. The summed E-state index contributed by atoms with van der Waals surface area (Å²) < 4.78 is 21.6. The molecule has 1 aliphatic heterocycles. The minimum absolute atomic E-state index is 0.000814. The molecule has 1 fully saturated rings. The van der Waals surface area contributed by atoms with Crippen molar-refractivity contribution < 1.29 is 13.9 Å². The minimum Gasteiger partial charge on any atom is -0.496 e. The summed E-state index contributed by atoms with van der Waals surface area (Å²) >= 11 is 0. The van der Waals surface area contributed by atoms with Crippen molar-refractivity contribution in [1.82, 2.24) is 19.6 Å². The molecule has 1 aliphatic rings. The molecule has 0 radical (unpaired) electrons. The molecule has 7 nitrogen and oxygen atoms in total. The SMILES string of the molecule is CC[C@@H](C)N(Cc1c(C)nn(-c2cccc(F)c2)c1N1CCN(CC)CC1)C(=O)c1ccccc1OC. The second-order valence-electron chi connectivity index (χ2n) is 9.59. The molecule has 1 amide bonds. The van der Waals surface area contributed by atoms with Gasteiger partial charge >= 0.3 is 0 Å². The normalized spacial score (nSPS) is 15.0. The average molecular weight is 508 g/mol. The Balaban J connectivity index is 1.79. The predicted molar refractivity (Wildman–Crippen MR) is 145 cm³/mol. The third-order valence-electron chi connectivity index (χ3n) is 7.38. The smallest absolute Gasteiger partial charge is 0.258 e. The van der Waals surface area contributed by atoms with Crippen LogP contribution in [0.2, 0.25) is 0 Å². The van der Waals surface area contributed by atoms with Crippen LogP contribution in [0, 0.1) is 12.7 Å². The van der Waals surface area contributed by atoms with Crippen molar-refractivity contribution in [2.75, 3.05) is 44.7 Å². The third kappa shape index (κ3) is 5.64. The highest BCUT2D eigenvalue weighted by atomic mass is 19.1. The molecule has 1 atom stereocenters. The van der Waals surface area contributed by atoms with Crippen molar-refractivity contribution in [1.29, 1.82) is 0 Å². The molecule has 37 heavy (non-hydrogen) atoms. The van der Waals surface area contributed by atoms with E-state index in [0.29, 0.717) is 23.5 Å². The van der Waals surface area contributed by atoms with E-state index in [2.05, 4.69) is 30.6 Å². The van der Waals surface area contributed by atoms with Crippen molar-refractivity contribution in [2.45, 2.75) is 46.7 Å². The molecule has 3 aromatic rings. The summed E-state index contributed by atoms with van der Waals surface area (Å²) in [5.41, 5.74) is 3.03. The number of rotatable bonds is 9. The van der Waals surface area contributed by atoms with Crippen molar-refractivity contribution in [3.8, 4) is 11.4 Å². The maximum atomic E-state index is 14.2. The summed E-state index contributed by atoms with van der Waals surface area (Å²) in [7, 11) is 1.58. The zero-order chi connectivity index (χ0) is 26.5. The van der Waals surface area contributed by atoms with Gasteiger partial charge in [-0.05, 0) is 57.1 Å². The van der Waals surface area contributed by atoms with Gasteiger partial charge in [0, 0.05) is 37.8 Å². The van der Waals surface area contributed by atoms with Crippen LogP contribution in [-0.4, -0.2) is 71.4 Å². The van der Waals surface area contributed by atoms with Gasteiger partial charge in [-0.15, -0.1) is 0 Å². The minimum atomic E-state index is -0.304. The molecule has 2 heterocycles. The van der Waals surface area contributed by atoms with Crippen LogP contribution in [0.25, 0.3) is 5.69 Å². The second-order valence-corrected chi connectivity index (χ2v) is 9.59. The molecule has 198 valence electrons. The van der Waals surface area contributed by atoms with E-state index in [9.17, 15) is 9.18 Å². The standard InChI is InChI=1S/C29H38FN5O2/c1-6-21(3)34(29(36)25-13-8-9-14-27(25)37-5)20-26-22(4)31-35(24-12-10-11-23(30)19-24)28(26)33-17-15-32(7-2)16-18-33/h8-14,19,21H,6-7,15-18,20H2,1-5H3/t21-/m1/s1. The Labute approximate surface area is 219 Å². The van der Waals surface area contributed by atoms with Gasteiger partial charge in [0.1, 0.15) is 17.4 Å². The summed E-state index contributed by atoms with van der Waals surface area (Å²) in [5.74, 6) is 1.11. The van der Waals surface area contributed by atoms with Crippen LogP contribution in [0.4, 0.5) is 10.2 Å². The van der Waals surface area contributed by atoms with Gasteiger partial charge in [0.15, 0.2) is 0 Å². The van der Waals surface area contributed by atoms with Crippen LogP contribution in [-0.2, 0) is 6.54 Å². The number of likely N-dealkylation sites (N-methyl/N-ethyl adjacent to an activating group) is 1. The first kappa shape index (κ1) is 26.7. The van der Waals surface area contributed by atoms with Gasteiger partial charge in [-0.1, -0.05) is 32.0 Å². The number of para-hydroxylation sites is 1. The molecule has 8 heteroatoms. The third-order valence-corrected chi connectivity index (χ3v) is 7.38. The Kier molecular flexibility index (Phi) is 8.48. The van der Waals surface area contributed by atoms with E-state index in [1.54, 1.807) is 13.2 Å². The van der Waals surface area contributed by atoms with Crippen molar-refractivity contribution >= 4 is 11.7 Å². The van der Waals surface area contributed by atoms with Crippen molar-refractivity contribution in [3.05, 3.63) is 71.2 Å². The number of benzene rings is 2. The van der Waals surface area contributed by atoms with Gasteiger partial charge in [-0.3, -0.25) is 4.79 Å².